The third-order valence-corrected chi connectivity index (χ3v) is 3.02. The van der Waals surface area contributed by atoms with Crippen LogP contribution in [-0.4, -0.2) is 5.91 Å². The van der Waals surface area contributed by atoms with Gasteiger partial charge in [0.15, 0.2) is 0 Å². The Morgan fingerprint density at radius 2 is 1.90 bits per heavy atom. The largest absolute Gasteiger partial charge is 0.399 e. The molecule has 104 valence electrons. The van der Waals surface area contributed by atoms with Gasteiger partial charge in [-0.3, -0.25) is 4.79 Å². The lowest BCUT2D eigenvalue weighted by Crippen LogP contribution is -2.13. The minimum Gasteiger partial charge on any atom is -0.399 e. The Labute approximate surface area is 117 Å². The molecule has 20 heavy (non-hydrogen) atoms. The molecule has 4 heteroatoms. The molecule has 0 aromatic heterocycles. The molecule has 0 spiro atoms. The number of anilines is 2. The van der Waals surface area contributed by atoms with E-state index in [-0.39, 0.29) is 11.6 Å². The third kappa shape index (κ3) is 3.82. The van der Waals surface area contributed by atoms with Gasteiger partial charge in [-0.25, -0.2) is 4.39 Å². The molecule has 2 aromatic rings. The van der Waals surface area contributed by atoms with Crippen molar-refractivity contribution < 1.29 is 9.18 Å². The minimum absolute atomic E-state index is 0.202. The quantitative estimate of drug-likeness (QED) is 0.839. The smallest absolute Gasteiger partial charge is 0.224 e. The molecule has 0 saturated heterocycles. The molecule has 0 fully saturated rings. The number of benzene rings is 2. The van der Waals surface area contributed by atoms with Gasteiger partial charge in [-0.1, -0.05) is 18.2 Å². The van der Waals surface area contributed by atoms with Gasteiger partial charge in [0, 0.05) is 12.1 Å². The molecule has 0 radical (unpaired) electrons. The van der Waals surface area contributed by atoms with E-state index in [0.29, 0.717) is 18.5 Å². The normalized spacial score (nSPS) is 10.3. The molecule has 0 bridgehead atoms. The maximum Gasteiger partial charge on any atom is 0.224 e. The number of hydrogen-bond donors (Lipinski definition) is 2. The average molecular weight is 272 g/mol. The highest BCUT2D eigenvalue weighted by Gasteiger charge is 2.07. The van der Waals surface area contributed by atoms with Crippen molar-refractivity contribution in [2.24, 2.45) is 0 Å². The van der Waals surface area contributed by atoms with Gasteiger partial charge in [0.25, 0.3) is 0 Å². The second kappa shape index (κ2) is 6.19. The van der Waals surface area contributed by atoms with Crippen molar-refractivity contribution in [1.29, 1.82) is 0 Å². The van der Waals surface area contributed by atoms with Crippen LogP contribution in [-0.2, 0) is 11.2 Å². The number of nitrogens with one attached hydrogen (secondary N) is 1. The Morgan fingerprint density at radius 1 is 1.20 bits per heavy atom. The molecule has 0 unspecified atom stereocenters. The number of rotatable bonds is 4. The Bertz CT molecular complexity index is 608. The van der Waals surface area contributed by atoms with Crippen molar-refractivity contribution in [3.05, 3.63) is 59.4 Å². The summed E-state index contributed by atoms with van der Waals surface area (Å²) in [6.07, 6.45) is 0.900. The summed E-state index contributed by atoms with van der Waals surface area (Å²) in [6, 6.07) is 12.0. The number of hydrogen-bond acceptors (Lipinski definition) is 2. The first-order valence-corrected chi connectivity index (χ1v) is 6.45. The zero-order valence-electron chi connectivity index (χ0n) is 11.3. The summed E-state index contributed by atoms with van der Waals surface area (Å²) in [6.45, 7) is 1.85. The number of amides is 1. The first-order chi connectivity index (χ1) is 9.54. The number of aryl methyl sites for hydroxylation is 2. The van der Waals surface area contributed by atoms with Crippen molar-refractivity contribution in [1.82, 2.24) is 0 Å². The van der Waals surface area contributed by atoms with E-state index in [1.807, 2.05) is 19.1 Å². The fraction of sp³-hybridized carbons (Fsp3) is 0.188. The fourth-order valence-electron chi connectivity index (χ4n) is 1.89. The summed E-state index contributed by atoms with van der Waals surface area (Å²) in [5.74, 6) is -0.622. The third-order valence-electron chi connectivity index (χ3n) is 3.02. The lowest BCUT2D eigenvalue weighted by Gasteiger charge is -2.07. The molecule has 3 N–H and O–H groups in total. The maximum atomic E-state index is 13.5. The monoisotopic (exact) mass is 272 g/mol. The minimum atomic E-state index is -0.420. The molecule has 0 heterocycles. The van der Waals surface area contributed by atoms with Crippen LogP contribution in [0.15, 0.2) is 42.5 Å². The number of halogens is 1. The topological polar surface area (TPSA) is 55.1 Å². The summed E-state index contributed by atoms with van der Waals surface area (Å²) < 4.78 is 13.5. The second-order valence-corrected chi connectivity index (χ2v) is 4.77. The first-order valence-electron chi connectivity index (χ1n) is 6.45. The van der Waals surface area contributed by atoms with Gasteiger partial charge in [-0.15, -0.1) is 0 Å². The van der Waals surface area contributed by atoms with Crippen molar-refractivity contribution in [2.45, 2.75) is 19.8 Å². The van der Waals surface area contributed by atoms with E-state index in [9.17, 15) is 9.18 Å². The second-order valence-electron chi connectivity index (χ2n) is 4.77. The summed E-state index contributed by atoms with van der Waals surface area (Å²) in [5.41, 5.74) is 8.45. The molecular formula is C16H17FN2O. The van der Waals surface area contributed by atoms with Gasteiger partial charge in [0.1, 0.15) is 5.82 Å². The van der Waals surface area contributed by atoms with E-state index in [1.54, 1.807) is 24.3 Å². The number of carbonyl (C=O) groups excluding carboxylic acids is 1. The molecule has 0 aliphatic carbocycles. The van der Waals surface area contributed by atoms with Crippen molar-refractivity contribution in [3.8, 4) is 0 Å². The maximum absolute atomic E-state index is 13.5. The summed E-state index contributed by atoms with van der Waals surface area (Å²) >= 11 is 0. The molecule has 2 rings (SSSR count). The van der Waals surface area contributed by atoms with Crippen LogP contribution < -0.4 is 11.1 Å². The van der Waals surface area contributed by atoms with E-state index >= 15 is 0 Å². The molecule has 2 aromatic carbocycles. The summed E-state index contributed by atoms with van der Waals surface area (Å²) in [4.78, 5) is 11.8. The fourth-order valence-corrected chi connectivity index (χ4v) is 1.89. The predicted octanol–water partition coefficient (Wildman–Crippen LogP) is 3.29. The van der Waals surface area contributed by atoms with E-state index < -0.39 is 5.82 Å². The van der Waals surface area contributed by atoms with Crippen LogP contribution >= 0.6 is 0 Å². The molecular weight excluding hydrogens is 255 g/mol. The van der Waals surface area contributed by atoms with Crippen LogP contribution in [0.2, 0.25) is 0 Å². The van der Waals surface area contributed by atoms with Crippen molar-refractivity contribution in [3.63, 3.8) is 0 Å². The number of carbonyl (C=O) groups is 1. The Kier molecular flexibility index (Phi) is 4.35. The summed E-state index contributed by atoms with van der Waals surface area (Å²) in [7, 11) is 0. The lowest BCUT2D eigenvalue weighted by molar-refractivity contribution is -0.116. The van der Waals surface area contributed by atoms with Crippen LogP contribution in [0.5, 0.6) is 0 Å². The van der Waals surface area contributed by atoms with Crippen LogP contribution in [0.25, 0.3) is 0 Å². The van der Waals surface area contributed by atoms with Gasteiger partial charge >= 0.3 is 0 Å². The highest BCUT2D eigenvalue weighted by atomic mass is 19.1. The highest BCUT2D eigenvalue weighted by molar-refractivity contribution is 5.91. The predicted molar refractivity (Wildman–Crippen MR) is 78.9 cm³/mol. The number of nitrogens with two attached hydrogens (primary N) is 1. The molecule has 0 aliphatic rings. The lowest BCUT2D eigenvalue weighted by atomic mass is 10.1. The van der Waals surface area contributed by atoms with Crippen LogP contribution in [0.3, 0.4) is 0 Å². The molecule has 0 atom stereocenters. The van der Waals surface area contributed by atoms with E-state index in [0.717, 1.165) is 11.1 Å². The van der Waals surface area contributed by atoms with Crippen molar-refractivity contribution in [2.75, 3.05) is 11.1 Å². The van der Waals surface area contributed by atoms with Gasteiger partial charge in [0.05, 0.1) is 5.69 Å². The molecule has 0 saturated carbocycles. The van der Waals surface area contributed by atoms with Crippen LogP contribution in [0.1, 0.15) is 17.5 Å². The highest BCUT2D eigenvalue weighted by Crippen LogP contribution is 2.16. The standard InChI is InChI=1S/C16H17FN2O/c1-11-2-8-14(17)15(10-11)19-16(20)9-5-12-3-6-13(18)7-4-12/h2-4,6-8,10H,5,9,18H2,1H3,(H,19,20). The SMILES string of the molecule is Cc1ccc(F)c(NC(=O)CCc2ccc(N)cc2)c1. The average Bonchev–Trinajstić information content (AvgIpc) is 2.42. The van der Waals surface area contributed by atoms with E-state index in [1.165, 1.54) is 6.07 Å². The van der Waals surface area contributed by atoms with Gasteiger partial charge < -0.3 is 11.1 Å². The zero-order valence-corrected chi connectivity index (χ0v) is 11.3. The van der Waals surface area contributed by atoms with Crippen LogP contribution in [0, 0.1) is 12.7 Å². The number of nitrogen functional groups attached to an aromatic ring is 1. The molecule has 3 nitrogen and oxygen atoms in total. The van der Waals surface area contributed by atoms with E-state index in [2.05, 4.69) is 5.32 Å². The van der Waals surface area contributed by atoms with Gasteiger partial charge in [0.2, 0.25) is 5.91 Å². The van der Waals surface area contributed by atoms with Gasteiger partial charge in [-0.05, 0) is 48.7 Å². The van der Waals surface area contributed by atoms with Crippen molar-refractivity contribution >= 4 is 17.3 Å². The molecule has 0 aliphatic heterocycles. The van der Waals surface area contributed by atoms with Gasteiger partial charge in [-0.2, -0.15) is 0 Å². The molecule has 1 amide bonds. The Balaban J connectivity index is 1.92. The zero-order chi connectivity index (χ0) is 14.5. The Morgan fingerprint density at radius 3 is 2.60 bits per heavy atom. The van der Waals surface area contributed by atoms with E-state index in [4.69, 9.17) is 5.73 Å². The van der Waals surface area contributed by atoms with Crippen LogP contribution in [0.4, 0.5) is 15.8 Å². The Hall–Kier alpha value is -2.36. The first kappa shape index (κ1) is 14.1. The summed E-state index contributed by atoms with van der Waals surface area (Å²) in [5, 5.41) is 2.59.